The smallest absolute Gasteiger partial charge is 0.0584 e. The molecule has 2 bridgehead atoms. The minimum atomic E-state index is 0.446. The number of hydrogen-bond donors (Lipinski definition) is 0. The summed E-state index contributed by atoms with van der Waals surface area (Å²) in [6.45, 7) is 6.78. The molecule has 0 radical (unpaired) electrons. The summed E-state index contributed by atoms with van der Waals surface area (Å²) in [5, 5.41) is 0. The molecule has 0 heterocycles. The maximum atomic E-state index is 6.23. The van der Waals surface area contributed by atoms with E-state index in [1.54, 1.807) is 6.42 Å². The summed E-state index contributed by atoms with van der Waals surface area (Å²) in [7, 11) is 0. The van der Waals surface area contributed by atoms with Gasteiger partial charge in [-0.15, -0.1) is 0 Å². The molecule has 0 aromatic heterocycles. The van der Waals surface area contributed by atoms with Crippen molar-refractivity contribution >= 4 is 0 Å². The zero-order valence-electron chi connectivity index (χ0n) is 11.0. The Hall–Kier alpha value is -0.0400. The highest BCUT2D eigenvalue weighted by Crippen LogP contribution is 2.59. The average Bonchev–Trinajstić information content (AvgIpc) is 2.86. The molecule has 3 fully saturated rings. The normalized spacial score (nSPS) is 47.6. The Morgan fingerprint density at radius 3 is 1.94 bits per heavy atom. The highest BCUT2D eigenvalue weighted by atomic mass is 16.5. The van der Waals surface area contributed by atoms with E-state index in [1.807, 2.05) is 0 Å². The minimum absolute atomic E-state index is 0.446. The first-order valence-electron chi connectivity index (χ1n) is 7.30. The fourth-order valence-corrected chi connectivity index (χ4v) is 4.54. The van der Waals surface area contributed by atoms with Crippen LogP contribution in [0.2, 0.25) is 0 Å². The molecule has 0 aromatic rings. The SMILES string of the molecule is CC(C)C(C)OC1CC2C3CCC(C3)C2C1. The van der Waals surface area contributed by atoms with Gasteiger partial charge in [-0.05, 0) is 68.6 Å². The molecule has 0 spiro atoms. The average molecular weight is 222 g/mol. The van der Waals surface area contributed by atoms with E-state index in [0.717, 1.165) is 23.7 Å². The maximum absolute atomic E-state index is 6.23. The van der Waals surface area contributed by atoms with Gasteiger partial charge in [0.1, 0.15) is 0 Å². The lowest BCUT2D eigenvalue weighted by Gasteiger charge is -2.23. The van der Waals surface area contributed by atoms with Crippen LogP contribution in [0.5, 0.6) is 0 Å². The molecule has 92 valence electrons. The van der Waals surface area contributed by atoms with Crippen molar-refractivity contribution in [2.45, 2.75) is 65.1 Å². The second kappa shape index (κ2) is 4.01. The van der Waals surface area contributed by atoms with E-state index in [0.29, 0.717) is 18.1 Å². The van der Waals surface area contributed by atoms with Crippen LogP contribution in [0.4, 0.5) is 0 Å². The Morgan fingerprint density at radius 2 is 1.44 bits per heavy atom. The lowest BCUT2D eigenvalue weighted by molar-refractivity contribution is -0.0261. The van der Waals surface area contributed by atoms with Crippen molar-refractivity contribution in [3.8, 4) is 0 Å². The maximum Gasteiger partial charge on any atom is 0.0584 e. The van der Waals surface area contributed by atoms with Crippen LogP contribution in [-0.4, -0.2) is 12.2 Å². The van der Waals surface area contributed by atoms with Gasteiger partial charge in [0.15, 0.2) is 0 Å². The summed E-state index contributed by atoms with van der Waals surface area (Å²) in [6.07, 6.45) is 8.40. The number of hydrogen-bond acceptors (Lipinski definition) is 1. The van der Waals surface area contributed by atoms with Crippen LogP contribution in [0.1, 0.15) is 52.9 Å². The van der Waals surface area contributed by atoms with Gasteiger partial charge in [0.05, 0.1) is 12.2 Å². The molecule has 5 unspecified atom stereocenters. The van der Waals surface area contributed by atoms with Gasteiger partial charge in [-0.25, -0.2) is 0 Å². The van der Waals surface area contributed by atoms with Gasteiger partial charge in [-0.3, -0.25) is 0 Å². The van der Waals surface area contributed by atoms with Gasteiger partial charge in [0.2, 0.25) is 0 Å². The summed E-state index contributed by atoms with van der Waals surface area (Å²) >= 11 is 0. The minimum Gasteiger partial charge on any atom is -0.375 e. The lowest BCUT2D eigenvalue weighted by Crippen LogP contribution is -2.22. The van der Waals surface area contributed by atoms with Crippen molar-refractivity contribution in [1.29, 1.82) is 0 Å². The number of ether oxygens (including phenoxy) is 1. The molecule has 0 aliphatic heterocycles. The molecule has 3 saturated carbocycles. The molecule has 3 aliphatic carbocycles. The molecule has 0 aromatic carbocycles. The quantitative estimate of drug-likeness (QED) is 0.704. The Bertz CT molecular complexity index is 242. The zero-order chi connectivity index (χ0) is 11.3. The molecule has 0 N–H and O–H groups in total. The van der Waals surface area contributed by atoms with Crippen molar-refractivity contribution in [2.75, 3.05) is 0 Å². The molecule has 1 heteroatoms. The van der Waals surface area contributed by atoms with Crippen molar-refractivity contribution in [3.63, 3.8) is 0 Å². The molecular formula is C15H26O. The monoisotopic (exact) mass is 222 g/mol. The molecule has 1 nitrogen and oxygen atoms in total. The van der Waals surface area contributed by atoms with Crippen LogP contribution < -0.4 is 0 Å². The molecule has 0 saturated heterocycles. The fourth-order valence-electron chi connectivity index (χ4n) is 4.54. The Labute approximate surface area is 99.9 Å². The number of fused-ring (bicyclic) bond motifs is 5. The van der Waals surface area contributed by atoms with Crippen molar-refractivity contribution in [1.82, 2.24) is 0 Å². The predicted octanol–water partition coefficient (Wildman–Crippen LogP) is 3.87. The fraction of sp³-hybridized carbons (Fsp3) is 1.00. The van der Waals surface area contributed by atoms with Gasteiger partial charge < -0.3 is 4.74 Å². The van der Waals surface area contributed by atoms with E-state index >= 15 is 0 Å². The van der Waals surface area contributed by atoms with E-state index in [9.17, 15) is 0 Å². The molecule has 16 heavy (non-hydrogen) atoms. The van der Waals surface area contributed by atoms with Crippen molar-refractivity contribution in [3.05, 3.63) is 0 Å². The molecule has 3 aliphatic rings. The third-order valence-electron chi connectivity index (χ3n) is 5.69. The third-order valence-corrected chi connectivity index (χ3v) is 5.69. The first-order valence-corrected chi connectivity index (χ1v) is 7.30. The van der Waals surface area contributed by atoms with Crippen LogP contribution in [0.3, 0.4) is 0 Å². The van der Waals surface area contributed by atoms with Gasteiger partial charge in [0.25, 0.3) is 0 Å². The van der Waals surface area contributed by atoms with Crippen LogP contribution >= 0.6 is 0 Å². The van der Waals surface area contributed by atoms with Crippen molar-refractivity contribution in [2.24, 2.45) is 29.6 Å². The predicted molar refractivity (Wildman–Crippen MR) is 66.2 cm³/mol. The van der Waals surface area contributed by atoms with Crippen LogP contribution in [0.25, 0.3) is 0 Å². The number of rotatable bonds is 3. The van der Waals surface area contributed by atoms with Crippen LogP contribution in [0, 0.1) is 29.6 Å². The lowest BCUT2D eigenvalue weighted by atomic mass is 9.82. The zero-order valence-corrected chi connectivity index (χ0v) is 11.0. The molecule has 3 rings (SSSR count). The van der Waals surface area contributed by atoms with Crippen molar-refractivity contribution < 1.29 is 4.74 Å². The van der Waals surface area contributed by atoms with Gasteiger partial charge in [-0.2, -0.15) is 0 Å². The summed E-state index contributed by atoms with van der Waals surface area (Å²) < 4.78 is 6.23. The first-order chi connectivity index (χ1) is 7.65. The van der Waals surface area contributed by atoms with E-state index in [1.165, 1.54) is 25.7 Å². The van der Waals surface area contributed by atoms with E-state index in [-0.39, 0.29) is 0 Å². The topological polar surface area (TPSA) is 9.23 Å². The third kappa shape index (κ3) is 1.72. The van der Waals surface area contributed by atoms with Gasteiger partial charge in [0, 0.05) is 0 Å². The molecule has 0 amide bonds. The molecule has 5 atom stereocenters. The summed E-state index contributed by atoms with van der Waals surface area (Å²) in [4.78, 5) is 0. The van der Waals surface area contributed by atoms with Gasteiger partial charge in [-0.1, -0.05) is 13.8 Å². The van der Waals surface area contributed by atoms with Crippen LogP contribution in [-0.2, 0) is 4.74 Å². The standard InChI is InChI=1S/C15H26O/c1-9(2)10(3)16-13-7-14-11-4-5-12(6-11)15(14)8-13/h9-15H,4-8H2,1-3H3. The van der Waals surface area contributed by atoms with E-state index < -0.39 is 0 Å². The highest BCUT2D eigenvalue weighted by molar-refractivity contribution is 5.01. The Morgan fingerprint density at radius 1 is 0.875 bits per heavy atom. The van der Waals surface area contributed by atoms with E-state index in [4.69, 9.17) is 4.74 Å². The summed E-state index contributed by atoms with van der Waals surface area (Å²) in [5.74, 6) is 4.92. The summed E-state index contributed by atoms with van der Waals surface area (Å²) in [6, 6.07) is 0. The van der Waals surface area contributed by atoms with E-state index in [2.05, 4.69) is 20.8 Å². The highest BCUT2D eigenvalue weighted by Gasteiger charge is 2.52. The Kier molecular flexibility index (Phi) is 2.78. The Balaban J connectivity index is 1.58. The van der Waals surface area contributed by atoms with Gasteiger partial charge >= 0.3 is 0 Å². The summed E-state index contributed by atoms with van der Waals surface area (Å²) in [5.41, 5.74) is 0. The molecular weight excluding hydrogens is 196 g/mol. The first kappa shape index (κ1) is 11.1. The second-order valence-corrected chi connectivity index (χ2v) is 6.84. The van der Waals surface area contributed by atoms with Crippen LogP contribution in [0.15, 0.2) is 0 Å². The second-order valence-electron chi connectivity index (χ2n) is 6.84. The largest absolute Gasteiger partial charge is 0.375 e.